The second-order valence-corrected chi connectivity index (χ2v) is 7.21. The molecule has 2 bridgehead atoms. The largest absolute Gasteiger partial charge is 0.456 e. The van der Waals surface area contributed by atoms with Gasteiger partial charge < -0.3 is 14.1 Å². The Bertz CT molecular complexity index is 991. The topological polar surface area (TPSA) is 42.7 Å². The third-order valence-corrected chi connectivity index (χ3v) is 5.74. The summed E-state index contributed by atoms with van der Waals surface area (Å²) in [4.78, 5) is 15.4. The number of nitrogens with zero attached hydrogens (tertiary/aromatic N) is 1. The average Bonchev–Trinajstić information content (AvgIpc) is 2.67. The molecule has 4 heterocycles. The van der Waals surface area contributed by atoms with E-state index in [1.165, 1.54) is 25.9 Å². The van der Waals surface area contributed by atoms with Crippen LogP contribution >= 0.6 is 12.4 Å². The van der Waals surface area contributed by atoms with Gasteiger partial charge in [-0.15, -0.1) is 12.4 Å². The second-order valence-electron chi connectivity index (χ2n) is 7.21. The van der Waals surface area contributed by atoms with Crippen LogP contribution in [0, 0.1) is 5.92 Å². The zero-order valence-corrected chi connectivity index (χ0v) is 15.3. The number of para-hydroxylation sites is 1. The number of rotatable bonds is 3. The Morgan fingerprint density at radius 2 is 1.81 bits per heavy atom. The van der Waals surface area contributed by atoms with Crippen molar-refractivity contribution in [1.29, 1.82) is 0 Å². The van der Waals surface area contributed by atoms with Gasteiger partial charge in [0.2, 0.25) is 5.43 Å². The molecule has 26 heavy (non-hydrogen) atoms. The molecule has 0 saturated carbocycles. The standard InChI is InChI=1S/C21H21NO3.ClH/c23-21-16-5-1-2-6-17(16)25-18-7-3-4-15(20(18)21)13-24-19-12-22-10-8-14(19)9-11-22;/h1-7,14,19H,8-13H2;1H. The molecule has 0 radical (unpaired) electrons. The smallest absolute Gasteiger partial charge is 0.200 e. The van der Waals surface area contributed by atoms with Gasteiger partial charge in [-0.1, -0.05) is 24.3 Å². The predicted molar refractivity (Wildman–Crippen MR) is 105 cm³/mol. The summed E-state index contributed by atoms with van der Waals surface area (Å²) in [7, 11) is 0. The van der Waals surface area contributed by atoms with Crippen LogP contribution in [-0.4, -0.2) is 30.6 Å². The summed E-state index contributed by atoms with van der Waals surface area (Å²) in [6.45, 7) is 3.89. The molecule has 1 aromatic heterocycles. The lowest BCUT2D eigenvalue weighted by atomic mass is 9.86. The Morgan fingerprint density at radius 3 is 2.58 bits per heavy atom. The van der Waals surface area contributed by atoms with Gasteiger partial charge in [0.15, 0.2) is 0 Å². The Hall–Kier alpha value is -1.88. The number of halogens is 1. The van der Waals surface area contributed by atoms with E-state index in [1.54, 1.807) is 0 Å². The SMILES string of the molecule is Cl.O=c1c2ccccc2oc2cccc(COC3CN4CCC3CC4)c12. The van der Waals surface area contributed by atoms with E-state index >= 15 is 0 Å². The van der Waals surface area contributed by atoms with Gasteiger partial charge in [0, 0.05) is 6.54 Å². The van der Waals surface area contributed by atoms with Crippen molar-refractivity contribution in [2.45, 2.75) is 25.6 Å². The summed E-state index contributed by atoms with van der Waals surface area (Å²) in [5.41, 5.74) is 2.23. The molecule has 4 nitrogen and oxygen atoms in total. The zero-order valence-electron chi connectivity index (χ0n) is 14.5. The summed E-state index contributed by atoms with van der Waals surface area (Å²) in [6, 6.07) is 13.2. The Labute approximate surface area is 158 Å². The highest BCUT2D eigenvalue weighted by Gasteiger charge is 2.34. The second kappa shape index (κ2) is 7.03. The van der Waals surface area contributed by atoms with E-state index in [4.69, 9.17) is 9.15 Å². The summed E-state index contributed by atoms with van der Waals surface area (Å²) >= 11 is 0. The molecule has 1 atom stereocenters. The van der Waals surface area contributed by atoms with Gasteiger partial charge >= 0.3 is 0 Å². The lowest BCUT2D eigenvalue weighted by molar-refractivity contribution is -0.0763. The summed E-state index contributed by atoms with van der Waals surface area (Å²) in [6.07, 6.45) is 2.74. The molecule has 6 rings (SSSR count). The van der Waals surface area contributed by atoms with Crippen molar-refractivity contribution >= 4 is 34.3 Å². The molecule has 3 aliphatic rings. The van der Waals surface area contributed by atoms with Crippen LogP contribution < -0.4 is 5.43 Å². The van der Waals surface area contributed by atoms with Gasteiger partial charge in [0.25, 0.3) is 0 Å². The highest BCUT2D eigenvalue weighted by Crippen LogP contribution is 2.30. The van der Waals surface area contributed by atoms with E-state index in [2.05, 4.69) is 4.90 Å². The van der Waals surface area contributed by atoms with Gasteiger partial charge in [-0.25, -0.2) is 0 Å². The molecule has 1 unspecified atom stereocenters. The molecule has 5 heteroatoms. The summed E-state index contributed by atoms with van der Waals surface area (Å²) in [5.74, 6) is 0.664. The van der Waals surface area contributed by atoms with Gasteiger partial charge in [-0.05, 0) is 55.6 Å². The number of hydrogen-bond acceptors (Lipinski definition) is 4. The van der Waals surface area contributed by atoms with E-state index in [0.29, 0.717) is 34.5 Å². The molecule has 2 aromatic carbocycles. The van der Waals surface area contributed by atoms with E-state index in [-0.39, 0.29) is 23.9 Å². The first-order valence-corrected chi connectivity index (χ1v) is 9.07. The van der Waals surface area contributed by atoms with Crippen molar-refractivity contribution in [3.8, 4) is 0 Å². The van der Waals surface area contributed by atoms with E-state index in [1.807, 2.05) is 42.5 Å². The van der Waals surface area contributed by atoms with Crippen LogP contribution in [0.3, 0.4) is 0 Å². The van der Waals surface area contributed by atoms with Gasteiger partial charge in [-0.2, -0.15) is 0 Å². The van der Waals surface area contributed by atoms with Crippen LogP contribution in [0.4, 0.5) is 0 Å². The monoisotopic (exact) mass is 371 g/mol. The Morgan fingerprint density at radius 1 is 1.04 bits per heavy atom. The molecule has 0 N–H and O–H groups in total. The number of piperidine rings is 3. The Kier molecular flexibility index (Phi) is 4.74. The van der Waals surface area contributed by atoms with Crippen LogP contribution in [0.25, 0.3) is 21.9 Å². The maximum absolute atomic E-state index is 13.0. The molecular weight excluding hydrogens is 350 g/mol. The number of hydrogen-bond donors (Lipinski definition) is 0. The summed E-state index contributed by atoms with van der Waals surface area (Å²) in [5, 5.41) is 1.28. The third kappa shape index (κ3) is 2.92. The quantitative estimate of drug-likeness (QED) is 0.653. The minimum Gasteiger partial charge on any atom is -0.456 e. The first-order valence-electron chi connectivity index (χ1n) is 9.07. The molecule has 0 amide bonds. The van der Waals surface area contributed by atoms with E-state index in [9.17, 15) is 4.79 Å². The number of ether oxygens (including phenoxy) is 1. The molecule has 3 fully saturated rings. The van der Waals surface area contributed by atoms with Crippen molar-refractivity contribution in [3.05, 3.63) is 58.3 Å². The van der Waals surface area contributed by atoms with E-state index in [0.717, 1.165) is 12.1 Å². The van der Waals surface area contributed by atoms with Crippen LogP contribution in [0.15, 0.2) is 51.7 Å². The fraction of sp³-hybridized carbons (Fsp3) is 0.381. The maximum Gasteiger partial charge on any atom is 0.200 e. The molecule has 3 aromatic rings. The van der Waals surface area contributed by atoms with Crippen LogP contribution in [0.5, 0.6) is 0 Å². The molecular formula is C21H22ClNO3. The lowest BCUT2D eigenvalue weighted by Crippen LogP contribution is -2.51. The minimum atomic E-state index is 0. The van der Waals surface area contributed by atoms with Crippen molar-refractivity contribution in [3.63, 3.8) is 0 Å². The van der Waals surface area contributed by atoms with Crippen molar-refractivity contribution in [1.82, 2.24) is 4.90 Å². The fourth-order valence-electron chi connectivity index (χ4n) is 4.33. The highest BCUT2D eigenvalue weighted by molar-refractivity contribution is 5.91. The van der Waals surface area contributed by atoms with E-state index < -0.39 is 0 Å². The zero-order chi connectivity index (χ0) is 16.8. The van der Waals surface area contributed by atoms with Gasteiger partial charge in [0.05, 0.1) is 23.5 Å². The van der Waals surface area contributed by atoms with Gasteiger partial charge in [0.1, 0.15) is 11.2 Å². The normalized spacial score (nSPS) is 24.7. The number of benzene rings is 2. The fourth-order valence-corrected chi connectivity index (χ4v) is 4.33. The number of fused-ring (bicyclic) bond motifs is 5. The minimum absolute atomic E-state index is 0. The van der Waals surface area contributed by atoms with Gasteiger partial charge in [-0.3, -0.25) is 4.79 Å². The predicted octanol–water partition coefficient (Wildman–Crippen LogP) is 3.98. The van der Waals surface area contributed by atoms with Crippen molar-refractivity contribution in [2.75, 3.05) is 19.6 Å². The Balaban J connectivity index is 0.00000168. The molecule has 0 spiro atoms. The average molecular weight is 372 g/mol. The first kappa shape index (κ1) is 17.5. The van der Waals surface area contributed by atoms with Crippen LogP contribution in [0.2, 0.25) is 0 Å². The molecule has 0 aliphatic carbocycles. The van der Waals surface area contributed by atoms with Crippen molar-refractivity contribution < 1.29 is 9.15 Å². The van der Waals surface area contributed by atoms with Crippen molar-refractivity contribution in [2.24, 2.45) is 5.92 Å². The molecule has 3 saturated heterocycles. The molecule has 136 valence electrons. The maximum atomic E-state index is 13.0. The van der Waals surface area contributed by atoms with Crippen LogP contribution in [-0.2, 0) is 11.3 Å². The third-order valence-electron chi connectivity index (χ3n) is 5.74. The lowest BCUT2D eigenvalue weighted by Gasteiger charge is -2.44. The first-order chi connectivity index (χ1) is 12.3. The summed E-state index contributed by atoms with van der Waals surface area (Å²) < 4.78 is 12.2. The van der Waals surface area contributed by atoms with Crippen LogP contribution in [0.1, 0.15) is 18.4 Å². The molecule has 3 aliphatic heterocycles. The highest BCUT2D eigenvalue weighted by atomic mass is 35.5.